The van der Waals surface area contributed by atoms with Crippen LogP contribution >= 0.6 is 47.8 Å². The number of fused-ring (bicyclic) bond motifs is 2. The Hall–Kier alpha value is -0.0951. The van der Waals surface area contributed by atoms with Crippen molar-refractivity contribution < 1.29 is 78.5 Å². The molecule has 0 amide bonds. The second-order valence-electron chi connectivity index (χ2n) is 6.17. The fourth-order valence-corrected chi connectivity index (χ4v) is 4.93. The molecule has 142 valence electrons. The van der Waals surface area contributed by atoms with E-state index in [-0.39, 0.29) is 101 Å². The average Bonchev–Trinajstić information content (AvgIpc) is 2.69. The molecule has 0 fully saturated rings. The van der Waals surface area contributed by atoms with Crippen LogP contribution in [0.4, 0.5) is 0 Å². The molecule has 0 spiro atoms. The van der Waals surface area contributed by atoms with Gasteiger partial charge in [-0.2, -0.15) is 0 Å². The fourth-order valence-electron chi connectivity index (χ4n) is 3.21. The molecule has 0 saturated heterocycles. The molecule has 5 nitrogen and oxygen atoms in total. The number of hydrogen-bond acceptors (Lipinski definition) is 5. The quantitative estimate of drug-likeness (QED) is 0.177. The maximum Gasteiger partial charge on any atom is 1.00 e. The predicted molar refractivity (Wildman–Crippen MR) is 117 cm³/mol. The summed E-state index contributed by atoms with van der Waals surface area (Å²) in [6.45, 7) is 0. The predicted octanol–water partition coefficient (Wildman–Crippen LogP) is -2.91. The van der Waals surface area contributed by atoms with Crippen molar-refractivity contribution in [3.8, 4) is 28.2 Å². The number of hydrogen-bond donors (Lipinski definition) is 0. The van der Waals surface area contributed by atoms with Gasteiger partial charge in [0.1, 0.15) is 17.9 Å². The first-order chi connectivity index (χ1) is 13.7. The largest absolute Gasteiger partial charge is 1.00 e. The molecule has 2 radical (unpaired) electrons. The first kappa shape index (κ1) is 27.2. The van der Waals surface area contributed by atoms with Gasteiger partial charge >= 0.3 is 59.1 Å². The van der Waals surface area contributed by atoms with Crippen molar-refractivity contribution in [2.24, 2.45) is 0 Å². The first-order valence-electron chi connectivity index (χ1n) is 8.06. The van der Waals surface area contributed by atoms with Crippen LogP contribution in [0.3, 0.4) is 0 Å². The van der Waals surface area contributed by atoms with E-state index in [1.165, 1.54) is 12.1 Å². The topological polar surface area (TPSA) is 93.4 Å². The Bertz CT molecular complexity index is 1370. The Morgan fingerprint density at radius 2 is 1.65 bits per heavy atom. The van der Waals surface area contributed by atoms with E-state index in [9.17, 15) is 19.8 Å². The number of halogens is 3. The van der Waals surface area contributed by atoms with Crippen molar-refractivity contribution in [2.75, 3.05) is 0 Å². The second-order valence-corrected chi connectivity index (χ2v) is 8.61. The van der Waals surface area contributed by atoms with Gasteiger partial charge in [0.05, 0.1) is 10.4 Å². The van der Waals surface area contributed by atoms with E-state index >= 15 is 0 Å². The molecule has 0 aromatic heterocycles. The van der Waals surface area contributed by atoms with E-state index in [0.29, 0.717) is 22.1 Å². The molecule has 2 aromatic rings. The Labute approximate surface area is 247 Å². The zero-order valence-corrected chi connectivity index (χ0v) is 25.0. The maximum atomic E-state index is 12.4. The molecule has 0 unspecified atom stereocenters. The minimum Gasteiger partial charge on any atom is -0.871 e. The third-order valence-corrected chi connectivity index (χ3v) is 6.53. The molecule has 4 rings (SSSR count). The van der Waals surface area contributed by atoms with Gasteiger partial charge in [0.15, 0.2) is 11.2 Å². The zero-order chi connectivity index (χ0) is 21.0. The van der Waals surface area contributed by atoms with Crippen molar-refractivity contribution in [3.63, 3.8) is 0 Å². The summed E-state index contributed by atoms with van der Waals surface area (Å²) in [6.07, 6.45) is 0. The van der Waals surface area contributed by atoms with E-state index in [2.05, 4.69) is 47.8 Å². The molecule has 2 aromatic carbocycles. The standard InChI is InChI=1S/C20H8BBr3O5.2Na/c21-11-5-9-13(7-3-1-2-4-8(7)20(27)28)10-6-12(22)17(26)15(24)19(10)29-18(9)14(23)16(11)25;;/h1-6,26H,(H,27,28);;/q;2*+1/p-2. The third kappa shape index (κ3) is 4.63. The maximum absolute atomic E-state index is 12.4. The molecular weight excluding hydrogens is 617 g/mol. The van der Waals surface area contributed by atoms with Crippen LogP contribution in [0.5, 0.6) is 5.75 Å². The minimum absolute atomic E-state index is 0. The smallest absolute Gasteiger partial charge is 0.871 e. The second kappa shape index (κ2) is 10.4. The molecule has 2 aliphatic rings. The summed E-state index contributed by atoms with van der Waals surface area (Å²) >= 11 is 9.69. The van der Waals surface area contributed by atoms with Gasteiger partial charge in [-0.05, 0) is 49.0 Å². The minimum atomic E-state index is -1.37. The van der Waals surface area contributed by atoms with Gasteiger partial charge in [-0.15, -0.1) is 0 Å². The monoisotopic (exact) mass is 620 g/mol. The van der Waals surface area contributed by atoms with Crippen molar-refractivity contribution in [1.29, 1.82) is 0 Å². The summed E-state index contributed by atoms with van der Waals surface area (Å²) in [7, 11) is 5.88. The Kier molecular flexibility index (Phi) is 9.15. The van der Waals surface area contributed by atoms with Crippen LogP contribution < -0.4 is 80.2 Å². The van der Waals surface area contributed by atoms with Gasteiger partial charge in [-0.25, -0.2) is 0 Å². The van der Waals surface area contributed by atoms with E-state index < -0.39 is 11.4 Å². The Morgan fingerprint density at radius 1 is 1.00 bits per heavy atom. The van der Waals surface area contributed by atoms with Crippen molar-refractivity contribution in [2.45, 2.75) is 0 Å². The fraction of sp³-hybridized carbons (Fsp3) is 0. The summed E-state index contributed by atoms with van der Waals surface area (Å²) in [4.78, 5) is 24.1. The van der Waals surface area contributed by atoms with Crippen LogP contribution in [-0.2, 0) is 0 Å². The number of carboxylic acids is 1. The summed E-state index contributed by atoms with van der Waals surface area (Å²) in [5.41, 5.74) is 0.780. The van der Waals surface area contributed by atoms with Crippen LogP contribution in [0, 0.1) is 0 Å². The van der Waals surface area contributed by atoms with E-state index in [1.54, 1.807) is 24.3 Å². The van der Waals surface area contributed by atoms with Gasteiger partial charge in [-0.3, -0.25) is 4.79 Å². The Balaban J connectivity index is 0.00000171. The Morgan fingerprint density at radius 3 is 2.29 bits per heavy atom. The molecular formula is C20H6BBr3Na2O5. The summed E-state index contributed by atoms with van der Waals surface area (Å²) in [5.74, 6) is -1.58. The van der Waals surface area contributed by atoms with Crippen LogP contribution in [-0.4, -0.2) is 13.8 Å². The van der Waals surface area contributed by atoms with Crippen LogP contribution in [0.25, 0.3) is 33.4 Å². The van der Waals surface area contributed by atoms with Gasteiger partial charge in [0, 0.05) is 26.5 Å². The van der Waals surface area contributed by atoms with Crippen molar-refractivity contribution in [1.82, 2.24) is 0 Å². The molecule has 1 aliphatic carbocycles. The van der Waals surface area contributed by atoms with Crippen molar-refractivity contribution >= 4 is 78.0 Å². The van der Waals surface area contributed by atoms with Crippen LogP contribution in [0.2, 0.25) is 0 Å². The van der Waals surface area contributed by atoms with Gasteiger partial charge < -0.3 is 19.4 Å². The summed E-state index contributed by atoms with van der Waals surface area (Å²) in [6, 6.07) is 9.26. The van der Waals surface area contributed by atoms with Gasteiger partial charge in [-0.1, -0.05) is 52.0 Å². The van der Waals surface area contributed by atoms with E-state index in [4.69, 9.17) is 12.3 Å². The summed E-state index contributed by atoms with van der Waals surface area (Å²) in [5, 5.41) is 24.6. The average molecular weight is 623 g/mol. The molecule has 1 aliphatic heterocycles. The molecule has 31 heavy (non-hydrogen) atoms. The van der Waals surface area contributed by atoms with E-state index in [1.807, 2.05) is 0 Å². The number of carbonyl (C=O) groups is 1. The molecule has 11 heteroatoms. The molecule has 0 atom stereocenters. The number of carbonyl (C=O) groups excluding carboxylic acids is 1. The normalized spacial score (nSPS) is 10.5. The van der Waals surface area contributed by atoms with Crippen LogP contribution in [0.15, 0.2) is 59.0 Å². The molecule has 1 heterocycles. The number of carboxylic acid groups (broad SMARTS) is 1. The SMILES string of the molecule is [B]c1cc2c(-c3ccccc3C(=O)[O-])c3cc(Br)c([O-])c(Br)c3oc-2c(Br)c1=O.[Na+].[Na+]. The molecule has 0 bridgehead atoms. The summed E-state index contributed by atoms with van der Waals surface area (Å²) < 4.78 is 6.37. The van der Waals surface area contributed by atoms with Gasteiger partial charge in [0.25, 0.3) is 0 Å². The zero-order valence-electron chi connectivity index (χ0n) is 16.2. The van der Waals surface area contributed by atoms with Crippen molar-refractivity contribution in [3.05, 3.63) is 65.6 Å². The van der Waals surface area contributed by atoms with Gasteiger partial charge in [0.2, 0.25) is 0 Å². The number of aromatic carboxylic acids is 1. The number of benzene rings is 3. The third-order valence-electron chi connectivity index (χ3n) is 4.50. The molecule has 0 N–H and O–H groups in total. The first-order valence-corrected chi connectivity index (χ1v) is 10.4. The molecule has 0 saturated carbocycles. The van der Waals surface area contributed by atoms with E-state index in [0.717, 1.165) is 0 Å². The number of rotatable bonds is 2. The van der Waals surface area contributed by atoms with Crippen LogP contribution in [0.1, 0.15) is 10.4 Å².